The van der Waals surface area contributed by atoms with Crippen molar-refractivity contribution in [3.05, 3.63) is 75.9 Å². The van der Waals surface area contributed by atoms with Crippen LogP contribution >= 0.6 is 0 Å². The Morgan fingerprint density at radius 3 is 2.73 bits per heavy atom. The van der Waals surface area contributed by atoms with Crippen LogP contribution in [0.5, 0.6) is 5.75 Å². The zero-order valence-electron chi connectivity index (χ0n) is 13.8. The molecule has 0 aliphatic heterocycles. The lowest BCUT2D eigenvalue weighted by Gasteiger charge is -2.02. The minimum Gasteiger partial charge on any atom is -0.497 e. The molecule has 0 radical (unpaired) electrons. The molecule has 0 aliphatic carbocycles. The largest absolute Gasteiger partial charge is 0.497 e. The molecule has 0 bridgehead atoms. The van der Waals surface area contributed by atoms with Crippen molar-refractivity contribution in [2.75, 3.05) is 7.11 Å². The van der Waals surface area contributed by atoms with Crippen LogP contribution in [0.1, 0.15) is 11.1 Å². The van der Waals surface area contributed by atoms with Gasteiger partial charge in [0, 0.05) is 18.5 Å². The second-order valence-corrected chi connectivity index (χ2v) is 5.40. The summed E-state index contributed by atoms with van der Waals surface area (Å²) in [6.07, 6.45) is 1.21. The normalized spacial score (nSPS) is 10.1. The summed E-state index contributed by atoms with van der Waals surface area (Å²) in [5.74, 6) is 4.54. The highest BCUT2D eigenvalue weighted by molar-refractivity contribution is 5.94. The molecule has 1 N–H and O–H groups in total. The molecule has 3 rings (SSSR count). The van der Waals surface area contributed by atoms with Crippen molar-refractivity contribution >= 4 is 16.9 Å². The number of hydrogen-bond donors (Lipinski definition) is 1. The molecule has 5 nitrogen and oxygen atoms in total. The van der Waals surface area contributed by atoms with Crippen LogP contribution in [-0.4, -0.2) is 13.0 Å². The van der Waals surface area contributed by atoms with Crippen molar-refractivity contribution in [2.24, 2.45) is 0 Å². The molecule has 26 heavy (non-hydrogen) atoms. The maximum Gasteiger partial charge on any atom is 0.296 e. The van der Waals surface area contributed by atoms with Gasteiger partial charge in [-0.15, -0.1) is 0 Å². The van der Waals surface area contributed by atoms with E-state index in [0.717, 1.165) is 5.56 Å². The molecule has 0 unspecified atom stereocenters. The van der Waals surface area contributed by atoms with E-state index in [-0.39, 0.29) is 23.4 Å². The average Bonchev–Trinajstić information content (AvgIpc) is 2.66. The molecule has 6 heteroatoms. The monoisotopic (exact) mass is 351 g/mol. The molecule has 1 amide bonds. The maximum absolute atomic E-state index is 12.8. The van der Waals surface area contributed by atoms with Crippen LogP contribution in [0.15, 0.2) is 57.9 Å². The molecule has 1 aromatic heterocycles. The summed E-state index contributed by atoms with van der Waals surface area (Å²) in [5.41, 5.74) is 0.869. The Bertz CT molecular complexity index is 1070. The fourth-order valence-corrected chi connectivity index (χ4v) is 2.27. The third kappa shape index (κ3) is 3.90. The fraction of sp³-hybridized carbons (Fsp3) is 0.100. The number of fused-ring (bicyclic) bond motifs is 1. The molecule has 3 aromatic rings. The van der Waals surface area contributed by atoms with E-state index in [1.165, 1.54) is 25.5 Å². The van der Waals surface area contributed by atoms with Gasteiger partial charge < -0.3 is 14.5 Å². The van der Waals surface area contributed by atoms with Crippen LogP contribution in [-0.2, 0) is 11.3 Å². The zero-order valence-corrected chi connectivity index (χ0v) is 13.8. The van der Waals surface area contributed by atoms with Gasteiger partial charge in [-0.2, -0.15) is 0 Å². The molecule has 130 valence electrons. The highest BCUT2D eigenvalue weighted by atomic mass is 19.1. The Kier molecular flexibility index (Phi) is 4.99. The number of carbonyl (C=O) groups is 1. The molecule has 0 atom stereocenters. The minimum atomic E-state index is -0.552. The molecular weight excluding hydrogens is 337 g/mol. The summed E-state index contributed by atoms with van der Waals surface area (Å²) in [6.45, 7) is 0.208. The van der Waals surface area contributed by atoms with Crippen molar-refractivity contribution < 1.29 is 18.3 Å². The van der Waals surface area contributed by atoms with Gasteiger partial charge in [-0.3, -0.25) is 9.59 Å². The Hall–Kier alpha value is -3.59. The van der Waals surface area contributed by atoms with Gasteiger partial charge in [0.25, 0.3) is 5.91 Å². The Morgan fingerprint density at radius 1 is 1.23 bits per heavy atom. The van der Waals surface area contributed by atoms with Crippen molar-refractivity contribution in [1.82, 2.24) is 5.32 Å². The molecular formula is C20H14FNO4. The Balaban J connectivity index is 1.74. The van der Waals surface area contributed by atoms with E-state index in [1.54, 1.807) is 30.3 Å². The Labute approximate surface area is 148 Å². The van der Waals surface area contributed by atoms with Gasteiger partial charge in [-0.05, 0) is 35.7 Å². The molecule has 0 spiro atoms. The summed E-state index contributed by atoms with van der Waals surface area (Å²) in [6, 6.07) is 10.6. The number of nitrogens with one attached hydrogen (secondary N) is 1. The molecule has 0 aliphatic rings. The Morgan fingerprint density at radius 2 is 2.00 bits per heavy atom. The van der Waals surface area contributed by atoms with Gasteiger partial charge in [0.2, 0.25) is 5.43 Å². The first-order chi connectivity index (χ1) is 12.6. The van der Waals surface area contributed by atoms with E-state index in [4.69, 9.17) is 9.15 Å². The highest BCUT2D eigenvalue weighted by Gasteiger charge is 2.07. The van der Waals surface area contributed by atoms with Crippen LogP contribution in [0.2, 0.25) is 0 Å². The van der Waals surface area contributed by atoms with E-state index < -0.39 is 5.91 Å². The van der Waals surface area contributed by atoms with Crippen molar-refractivity contribution in [1.29, 1.82) is 0 Å². The average molecular weight is 351 g/mol. The summed E-state index contributed by atoms with van der Waals surface area (Å²) >= 11 is 0. The predicted octanol–water partition coefficient (Wildman–Crippen LogP) is 2.61. The standard InChI is InChI=1S/C20H14FNO4/c1-25-16-7-8-17-18(10-16)26-12-14(20(17)24)4-9-19(23)22-11-13-2-5-15(21)6-3-13/h2-3,5-8,10,12H,11H2,1H3,(H,22,23). The number of benzene rings is 2. The maximum atomic E-state index is 12.8. The van der Waals surface area contributed by atoms with Gasteiger partial charge >= 0.3 is 0 Å². The summed E-state index contributed by atoms with van der Waals surface area (Å²) < 4.78 is 23.3. The van der Waals surface area contributed by atoms with Gasteiger partial charge in [0.05, 0.1) is 12.5 Å². The number of ether oxygens (including phenoxy) is 1. The van der Waals surface area contributed by atoms with Gasteiger partial charge in [0.15, 0.2) is 0 Å². The van der Waals surface area contributed by atoms with E-state index in [0.29, 0.717) is 16.7 Å². The lowest BCUT2D eigenvalue weighted by atomic mass is 10.1. The third-order valence-corrected chi connectivity index (χ3v) is 3.66. The van der Waals surface area contributed by atoms with E-state index in [9.17, 15) is 14.0 Å². The van der Waals surface area contributed by atoms with E-state index >= 15 is 0 Å². The third-order valence-electron chi connectivity index (χ3n) is 3.66. The van der Waals surface area contributed by atoms with Crippen LogP contribution in [0.4, 0.5) is 4.39 Å². The van der Waals surface area contributed by atoms with E-state index in [1.807, 2.05) is 0 Å². The van der Waals surface area contributed by atoms with Crippen molar-refractivity contribution in [3.63, 3.8) is 0 Å². The molecule has 0 fully saturated rings. The lowest BCUT2D eigenvalue weighted by Crippen LogP contribution is -2.21. The molecule has 2 aromatic carbocycles. The topological polar surface area (TPSA) is 68.5 Å². The zero-order chi connectivity index (χ0) is 18.5. The van der Waals surface area contributed by atoms with Crippen molar-refractivity contribution in [2.45, 2.75) is 6.54 Å². The van der Waals surface area contributed by atoms with Gasteiger partial charge in [0.1, 0.15) is 29.0 Å². The number of amides is 1. The second kappa shape index (κ2) is 7.53. The first kappa shape index (κ1) is 17.2. The minimum absolute atomic E-state index is 0.0830. The summed E-state index contributed by atoms with van der Waals surface area (Å²) in [4.78, 5) is 24.2. The van der Waals surface area contributed by atoms with Crippen LogP contribution in [0.25, 0.3) is 11.0 Å². The van der Waals surface area contributed by atoms with Crippen LogP contribution < -0.4 is 15.5 Å². The number of hydrogen-bond acceptors (Lipinski definition) is 4. The fourth-order valence-electron chi connectivity index (χ4n) is 2.27. The van der Waals surface area contributed by atoms with Crippen molar-refractivity contribution in [3.8, 4) is 17.6 Å². The highest BCUT2D eigenvalue weighted by Crippen LogP contribution is 2.18. The molecule has 1 heterocycles. The van der Waals surface area contributed by atoms with Crippen LogP contribution in [0.3, 0.4) is 0 Å². The lowest BCUT2D eigenvalue weighted by molar-refractivity contribution is -0.115. The quantitative estimate of drug-likeness (QED) is 0.737. The molecule has 0 saturated carbocycles. The number of carbonyl (C=O) groups excluding carboxylic acids is 1. The van der Waals surface area contributed by atoms with Gasteiger partial charge in [-0.25, -0.2) is 4.39 Å². The first-order valence-corrected chi connectivity index (χ1v) is 7.70. The predicted molar refractivity (Wildman–Crippen MR) is 94.2 cm³/mol. The summed E-state index contributed by atoms with van der Waals surface area (Å²) in [7, 11) is 1.52. The number of methoxy groups -OCH3 is 1. The first-order valence-electron chi connectivity index (χ1n) is 7.70. The number of halogens is 1. The van der Waals surface area contributed by atoms with Gasteiger partial charge in [-0.1, -0.05) is 12.1 Å². The smallest absolute Gasteiger partial charge is 0.296 e. The number of rotatable bonds is 3. The van der Waals surface area contributed by atoms with E-state index in [2.05, 4.69) is 17.2 Å². The van der Waals surface area contributed by atoms with Crippen LogP contribution in [0, 0.1) is 17.7 Å². The SMILES string of the molecule is COc1ccc2c(=O)c(C#CC(=O)NCc3ccc(F)cc3)coc2c1. The molecule has 0 saturated heterocycles. The second-order valence-electron chi connectivity index (χ2n) is 5.40. The summed E-state index contributed by atoms with van der Waals surface area (Å²) in [5, 5.41) is 2.93.